The average molecular weight is 526 g/mol. The number of ether oxygens (including phenoxy) is 2. The molecule has 0 amide bonds. The molecule has 0 aromatic heterocycles. The first-order valence-electron chi connectivity index (χ1n) is 6.29. The van der Waals surface area contributed by atoms with Gasteiger partial charge in [-0.25, -0.2) is 0 Å². The third kappa shape index (κ3) is 3.74. The van der Waals surface area contributed by atoms with Crippen LogP contribution in [0.1, 0.15) is 21.5 Å². The Hall–Kier alpha value is -0.270. The van der Waals surface area contributed by atoms with Gasteiger partial charge in [0.25, 0.3) is 0 Å². The Morgan fingerprint density at radius 1 is 1.00 bits per heavy atom. The number of hydrogen-bond donors (Lipinski definition) is 0. The number of hydrogen-bond acceptors (Lipinski definition) is 2. The molecule has 0 spiro atoms. The van der Waals surface area contributed by atoms with Crippen LogP contribution >= 0.6 is 54.5 Å². The van der Waals surface area contributed by atoms with E-state index in [-0.39, 0.29) is 4.83 Å². The molecule has 2 aromatic rings. The molecular weight excluding hydrogens is 511 g/mol. The first kappa shape index (κ1) is 17.1. The summed E-state index contributed by atoms with van der Waals surface area (Å²) in [6, 6.07) is 10.3. The maximum atomic E-state index is 5.41. The molecule has 1 unspecified atom stereocenters. The van der Waals surface area contributed by atoms with E-state index < -0.39 is 0 Å². The monoisotopic (exact) mass is 524 g/mol. The zero-order chi connectivity index (χ0) is 15.6. The number of rotatable bonds is 4. The summed E-state index contributed by atoms with van der Waals surface area (Å²) in [5.41, 5.74) is 3.55. The molecule has 2 aromatic carbocycles. The molecule has 0 heterocycles. The van der Waals surface area contributed by atoms with Crippen molar-refractivity contribution in [3.05, 3.63) is 55.1 Å². The van der Waals surface area contributed by atoms with E-state index in [1.807, 2.05) is 18.2 Å². The molecule has 0 fully saturated rings. The van der Waals surface area contributed by atoms with E-state index in [4.69, 9.17) is 9.47 Å². The largest absolute Gasteiger partial charge is 0.493 e. The second kappa shape index (κ2) is 7.33. The van der Waals surface area contributed by atoms with E-state index >= 15 is 0 Å². The first-order chi connectivity index (χ1) is 9.97. The molecule has 0 N–H and O–H groups in total. The highest BCUT2D eigenvalue weighted by molar-refractivity contribution is 14.1. The Morgan fingerprint density at radius 2 is 1.62 bits per heavy atom. The number of halogens is 3. The van der Waals surface area contributed by atoms with Crippen LogP contribution in [0.3, 0.4) is 0 Å². The van der Waals surface area contributed by atoms with Crippen molar-refractivity contribution >= 4 is 54.5 Å². The number of benzene rings is 2. The van der Waals surface area contributed by atoms with Crippen molar-refractivity contribution in [2.24, 2.45) is 0 Å². The minimum atomic E-state index is 0.0988. The van der Waals surface area contributed by atoms with Gasteiger partial charge < -0.3 is 9.47 Å². The zero-order valence-electron chi connectivity index (χ0n) is 11.9. The van der Waals surface area contributed by atoms with Crippen LogP contribution in [-0.2, 0) is 0 Å². The van der Waals surface area contributed by atoms with E-state index in [0.29, 0.717) is 0 Å². The summed E-state index contributed by atoms with van der Waals surface area (Å²) >= 11 is 9.71. The van der Waals surface area contributed by atoms with Gasteiger partial charge in [-0.2, -0.15) is 0 Å². The summed E-state index contributed by atoms with van der Waals surface area (Å²) in [5.74, 6) is 1.50. The maximum absolute atomic E-state index is 5.41. The predicted octanol–water partition coefficient (Wildman–Crippen LogP) is 5.86. The molecule has 2 nitrogen and oxygen atoms in total. The summed E-state index contributed by atoms with van der Waals surface area (Å²) in [6.07, 6.45) is 0. The van der Waals surface area contributed by atoms with Gasteiger partial charge in [0.05, 0.1) is 19.0 Å². The SMILES string of the molecule is COc1cc(C)c(C(Br)c2cc(Br)ccc2I)cc1OC. The minimum Gasteiger partial charge on any atom is -0.493 e. The van der Waals surface area contributed by atoms with Crippen LogP contribution in [0.2, 0.25) is 0 Å². The summed E-state index contributed by atoms with van der Waals surface area (Å²) in [5, 5.41) is 0. The van der Waals surface area contributed by atoms with E-state index in [1.54, 1.807) is 14.2 Å². The lowest BCUT2D eigenvalue weighted by atomic mass is 9.99. The van der Waals surface area contributed by atoms with Crippen LogP contribution < -0.4 is 9.47 Å². The number of methoxy groups -OCH3 is 2. The third-order valence-corrected chi connectivity index (χ3v) is 5.74. The number of aryl methyl sites for hydroxylation is 1. The second-order valence-corrected chi connectivity index (χ2v) is 7.59. The normalized spacial score (nSPS) is 12.1. The van der Waals surface area contributed by atoms with E-state index in [2.05, 4.69) is 73.5 Å². The molecule has 0 aliphatic rings. The molecule has 0 saturated carbocycles. The summed E-state index contributed by atoms with van der Waals surface area (Å²) in [4.78, 5) is 0.0988. The molecule has 5 heteroatoms. The van der Waals surface area contributed by atoms with Crippen molar-refractivity contribution in [1.82, 2.24) is 0 Å². The van der Waals surface area contributed by atoms with Crippen molar-refractivity contribution in [2.45, 2.75) is 11.8 Å². The fourth-order valence-corrected chi connectivity index (χ4v) is 4.47. The van der Waals surface area contributed by atoms with Gasteiger partial charge in [-0.15, -0.1) is 0 Å². The van der Waals surface area contributed by atoms with Crippen molar-refractivity contribution in [3.63, 3.8) is 0 Å². The topological polar surface area (TPSA) is 18.5 Å². The zero-order valence-corrected chi connectivity index (χ0v) is 17.2. The Bertz CT molecular complexity index is 659. The quantitative estimate of drug-likeness (QED) is 0.367. The van der Waals surface area contributed by atoms with Gasteiger partial charge in [-0.05, 0) is 76.5 Å². The molecule has 1 atom stereocenters. The lowest BCUT2D eigenvalue weighted by molar-refractivity contribution is 0.354. The molecule has 2 rings (SSSR count). The molecule has 0 bridgehead atoms. The Morgan fingerprint density at radius 3 is 2.24 bits per heavy atom. The standard InChI is InChI=1S/C16H15Br2IO2/c1-9-6-14(20-2)15(21-3)8-11(9)16(18)12-7-10(17)4-5-13(12)19/h4-8,16H,1-3H3. The smallest absolute Gasteiger partial charge is 0.161 e. The van der Waals surface area contributed by atoms with Gasteiger partial charge in [0.2, 0.25) is 0 Å². The molecule has 112 valence electrons. The van der Waals surface area contributed by atoms with Crippen LogP contribution in [0, 0.1) is 10.5 Å². The lowest BCUT2D eigenvalue weighted by Gasteiger charge is -2.18. The highest BCUT2D eigenvalue weighted by Crippen LogP contribution is 2.40. The lowest BCUT2D eigenvalue weighted by Crippen LogP contribution is -2.01. The van der Waals surface area contributed by atoms with Crippen molar-refractivity contribution < 1.29 is 9.47 Å². The minimum absolute atomic E-state index is 0.0988. The highest BCUT2D eigenvalue weighted by atomic mass is 127. The fraction of sp³-hybridized carbons (Fsp3) is 0.250. The van der Waals surface area contributed by atoms with E-state index in [9.17, 15) is 0 Å². The Kier molecular flexibility index (Phi) is 5.96. The van der Waals surface area contributed by atoms with Crippen molar-refractivity contribution in [1.29, 1.82) is 0 Å². The Labute approximate surface area is 155 Å². The molecule has 0 saturated heterocycles. The van der Waals surface area contributed by atoms with Gasteiger partial charge >= 0.3 is 0 Å². The third-order valence-electron chi connectivity index (χ3n) is 3.28. The van der Waals surface area contributed by atoms with Crippen molar-refractivity contribution in [3.8, 4) is 11.5 Å². The van der Waals surface area contributed by atoms with Crippen LogP contribution in [0.4, 0.5) is 0 Å². The average Bonchev–Trinajstić information content (AvgIpc) is 2.48. The molecule has 0 radical (unpaired) electrons. The van der Waals surface area contributed by atoms with Crippen LogP contribution in [0.25, 0.3) is 0 Å². The van der Waals surface area contributed by atoms with Gasteiger partial charge in [-0.3, -0.25) is 0 Å². The van der Waals surface area contributed by atoms with Gasteiger partial charge in [0, 0.05) is 8.04 Å². The first-order valence-corrected chi connectivity index (χ1v) is 9.08. The fourth-order valence-electron chi connectivity index (χ4n) is 2.15. The molecule has 0 aliphatic carbocycles. The second-order valence-electron chi connectivity index (χ2n) is 4.59. The van der Waals surface area contributed by atoms with E-state index in [1.165, 1.54) is 14.7 Å². The molecule has 21 heavy (non-hydrogen) atoms. The summed E-state index contributed by atoms with van der Waals surface area (Å²) in [7, 11) is 3.31. The van der Waals surface area contributed by atoms with Gasteiger partial charge in [0.1, 0.15) is 0 Å². The molecular formula is C16H15Br2IO2. The number of alkyl halides is 1. The van der Waals surface area contributed by atoms with Crippen molar-refractivity contribution in [2.75, 3.05) is 14.2 Å². The van der Waals surface area contributed by atoms with Crippen LogP contribution in [-0.4, -0.2) is 14.2 Å². The van der Waals surface area contributed by atoms with Crippen LogP contribution in [0.5, 0.6) is 11.5 Å². The molecule has 0 aliphatic heterocycles. The van der Waals surface area contributed by atoms with E-state index in [0.717, 1.165) is 21.5 Å². The summed E-state index contributed by atoms with van der Waals surface area (Å²) < 4.78 is 13.1. The van der Waals surface area contributed by atoms with Gasteiger partial charge in [-0.1, -0.05) is 31.9 Å². The Balaban J connectivity index is 2.52. The van der Waals surface area contributed by atoms with Gasteiger partial charge in [0.15, 0.2) is 11.5 Å². The predicted molar refractivity (Wildman–Crippen MR) is 102 cm³/mol. The highest BCUT2D eigenvalue weighted by Gasteiger charge is 2.19. The maximum Gasteiger partial charge on any atom is 0.161 e. The summed E-state index contributed by atoms with van der Waals surface area (Å²) in [6.45, 7) is 2.08. The van der Waals surface area contributed by atoms with Crippen LogP contribution in [0.15, 0.2) is 34.8 Å².